The molecule has 168 valence electrons. The van der Waals surface area contributed by atoms with E-state index in [0.29, 0.717) is 25.7 Å². The first-order valence-corrected chi connectivity index (χ1v) is 11.4. The summed E-state index contributed by atoms with van der Waals surface area (Å²) in [6, 6.07) is 14.7. The van der Waals surface area contributed by atoms with Crippen LogP contribution in [0.2, 0.25) is 0 Å². The molecule has 32 heavy (non-hydrogen) atoms. The molecule has 6 heteroatoms. The predicted molar refractivity (Wildman–Crippen MR) is 127 cm³/mol. The van der Waals surface area contributed by atoms with Crippen molar-refractivity contribution in [3.8, 4) is 0 Å². The van der Waals surface area contributed by atoms with E-state index in [4.69, 9.17) is 0 Å². The summed E-state index contributed by atoms with van der Waals surface area (Å²) in [5.41, 5.74) is 6.08. The number of H-pyrrole nitrogens is 1. The zero-order chi connectivity index (χ0) is 22.3. The molecule has 6 nitrogen and oxygen atoms in total. The van der Waals surface area contributed by atoms with Gasteiger partial charge >= 0.3 is 5.97 Å². The zero-order valence-corrected chi connectivity index (χ0v) is 18.7. The Balaban J connectivity index is 1.31. The fourth-order valence-corrected chi connectivity index (χ4v) is 4.37. The quantitative estimate of drug-likeness (QED) is 0.386. The number of benzene rings is 2. The Morgan fingerprint density at radius 3 is 2.75 bits per heavy atom. The van der Waals surface area contributed by atoms with Gasteiger partial charge in [0, 0.05) is 55.3 Å². The molecule has 0 spiro atoms. The van der Waals surface area contributed by atoms with E-state index < -0.39 is 0 Å². The third kappa shape index (κ3) is 5.56. The minimum atomic E-state index is -0.232. The van der Waals surface area contributed by atoms with Crippen molar-refractivity contribution in [3.63, 3.8) is 0 Å². The van der Waals surface area contributed by atoms with Gasteiger partial charge in [0.05, 0.1) is 7.11 Å². The molecular weight excluding hydrogens is 402 g/mol. The highest BCUT2D eigenvalue weighted by molar-refractivity contribution is 5.94. The van der Waals surface area contributed by atoms with Crippen molar-refractivity contribution in [2.75, 3.05) is 25.5 Å². The van der Waals surface area contributed by atoms with E-state index >= 15 is 0 Å². The average molecular weight is 434 g/mol. The molecule has 0 radical (unpaired) electrons. The van der Waals surface area contributed by atoms with Crippen LogP contribution >= 0.6 is 0 Å². The standard InChI is InChI=1S/C26H31N3O3/c1-32-26(31)9-5-4-8-25(30)28-22-10-11-24-23(16-22)20(17-27-24)13-15-29-14-12-19-6-2-3-7-21(19)18-29/h2-3,6-7,10-11,16-17,27H,4-5,8-9,12-15,18H2,1H3,(H,28,30). The number of unbranched alkanes of at least 4 members (excludes halogenated alkanes) is 1. The maximum absolute atomic E-state index is 12.3. The summed E-state index contributed by atoms with van der Waals surface area (Å²) in [6.07, 6.45) is 6.23. The van der Waals surface area contributed by atoms with Crippen molar-refractivity contribution in [2.24, 2.45) is 0 Å². The highest BCUT2D eigenvalue weighted by atomic mass is 16.5. The smallest absolute Gasteiger partial charge is 0.305 e. The number of nitrogens with one attached hydrogen (secondary N) is 2. The highest BCUT2D eigenvalue weighted by Crippen LogP contribution is 2.24. The number of nitrogens with zero attached hydrogens (tertiary/aromatic N) is 1. The van der Waals surface area contributed by atoms with Crippen LogP contribution in [0.4, 0.5) is 5.69 Å². The Bertz CT molecular complexity index is 1090. The number of ether oxygens (including phenoxy) is 1. The summed E-state index contributed by atoms with van der Waals surface area (Å²) >= 11 is 0. The molecule has 2 aromatic carbocycles. The second-order valence-electron chi connectivity index (χ2n) is 8.45. The van der Waals surface area contributed by atoms with E-state index in [2.05, 4.69) is 56.5 Å². The number of esters is 1. The van der Waals surface area contributed by atoms with Gasteiger partial charge < -0.3 is 15.0 Å². The Hall–Kier alpha value is -3.12. The number of carbonyl (C=O) groups excluding carboxylic acids is 2. The fraction of sp³-hybridized carbons (Fsp3) is 0.385. The topological polar surface area (TPSA) is 74.4 Å². The summed E-state index contributed by atoms with van der Waals surface area (Å²) in [4.78, 5) is 29.3. The Kier molecular flexibility index (Phi) is 7.22. The number of carbonyl (C=O) groups is 2. The van der Waals surface area contributed by atoms with Gasteiger partial charge in [0.1, 0.15) is 0 Å². The van der Waals surface area contributed by atoms with E-state index in [1.54, 1.807) is 0 Å². The fourth-order valence-electron chi connectivity index (χ4n) is 4.37. The van der Waals surface area contributed by atoms with E-state index in [-0.39, 0.29) is 11.9 Å². The molecular formula is C26H31N3O3. The molecule has 0 atom stereocenters. The number of aromatic amines is 1. The van der Waals surface area contributed by atoms with Gasteiger partial charge in [0.25, 0.3) is 0 Å². The number of hydrogen-bond donors (Lipinski definition) is 2. The van der Waals surface area contributed by atoms with Crippen molar-refractivity contribution in [1.29, 1.82) is 0 Å². The summed E-state index contributed by atoms with van der Waals surface area (Å²) in [5.74, 6) is -0.261. The minimum absolute atomic E-state index is 0.0294. The molecule has 0 fully saturated rings. The Morgan fingerprint density at radius 1 is 1.09 bits per heavy atom. The second kappa shape index (κ2) is 10.5. The maximum atomic E-state index is 12.3. The largest absolute Gasteiger partial charge is 0.469 e. The van der Waals surface area contributed by atoms with Gasteiger partial charge in [-0.3, -0.25) is 14.5 Å². The monoisotopic (exact) mass is 433 g/mol. The normalized spacial score (nSPS) is 13.7. The minimum Gasteiger partial charge on any atom is -0.469 e. The summed E-state index contributed by atoms with van der Waals surface area (Å²) in [5, 5.41) is 4.15. The molecule has 4 rings (SSSR count). The van der Waals surface area contributed by atoms with E-state index in [1.807, 2.05) is 12.1 Å². The molecule has 1 aliphatic heterocycles. The van der Waals surface area contributed by atoms with Crippen molar-refractivity contribution in [1.82, 2.24) is 9.88 Å². The lowest BCUT2D eigenvalue weighted by atomic mass is 9.99. The lowest BCUT2D eigenvalue weighted by Crippen LogP contribution is -2.32. The highest BCUT2D eigenvalue weighted by Gasteiger charge is 2.16. The summed E-state index contributed by atoms with van der Waals surface area (Å²) in [6.45, 7) is 3.12. The molecule has 1 aliphatic rings. The second-order valence-corrected chi connectivity index (χ2v) is 8.45. The number of fused-ring (bicyclic) bond motifs is 2. The first-order chi connectivity index (χ1) is 15.6. The van der Waals surface area contributed by atoms with Crippen LogP contribution < -0.4 is 5.32 Å². The molecule has 0 saturated heterocycles. The van der Waals surface area contributed by atoms with Crippen LogP contribution in [0.5, 0.6) is 0 Å². The molecule has 0 saturated carbocycles. The van der Waals surface area contributed by atoms with Gasteiger partial charge in [0.15, 0.2) is 0 Å². The molecule has 0 bridgehead atoms. The number of aromatic nitrogens is 1. The molecule has 3 aromatic rings. The van der Waals surface area contributed by atoms with Crippen LogP contribution in [0.3, 0.4) is 0 Å². The number of hydrogen-bond acceptors (Lipinski definition) is 4. The van der Waals surface area contributed by atoms with E-state index in [9.17, 15) is 9.59 Å². The van der Waals surface area contributed by atoms with Gasteiger partial charge in [-0.05, 0) is 60.6 Å². The number of amides is 1. The van der Waals surface area contributed by atoms with Crippen LogP contribution in [0, 0.1) is 0 Å². The number of rotatable bonds is 9. The third-order valence-electron chi connectivity index (χ3n) is 6.22. The maximum Gasteiger partial charge on any atom is 0.305 e. The van der Waals surface area contributed by atoms with Gasteiger partial charge in [0.2, 0.25) is 5.91 Å². The predicted octanol–water partition coefficient (Wildman–Crippen LogP) is 4.44. The van der Waals surface area contributed by atoms with E-state index in [1.165, 1.54) is 23.8 Å². The van der Waals surface area contributed by atoms with Gasteiger partial charge in [-0.25, -0.2) is 0 Å². The molecule has 2 heterocycles. The van der Waals surface area contributed by atoms with Gasteiger partial charge in [-0.2, -0.15) is 0 Å². The lowest BCUT2D eigenvalue weighted by molar-refractivity contribution is -0.140. The first kappa shape index (κ1) is 22.1. The SMILES string of the molecule is COC(=O)CCCCC(=O)Nc1ccc2[nH]cc(CCN3CCc4ccccc4C3)c2c1. The van der Waals surface area contributed by atoms with Crippen LogP contribution in [0.25, 0.3) is 10.9 Å². The zero-order valence-electron chi connectivity index (χ0n) is 18.7. The van der Waals surface area contributed by atoms with Crippen molar-refractivity contribution < 1.29 is 14.3 Å². The van der Waals surface area contributed by atoms with Crippen LogP contribution in [0.1, 0.15) is 42.4 Å². The van der Waals surface area contributed by atoms with Crippen molar-refractivity contribution in [3.05, 3.63) is 65.4 Å². The molecule has 2 N–H and O–H groups in total. The lowest BCUT2D eigenvalue weighted by Gasteiger charge is -2.28. The van der Waals surface area contributed by atoms with E-state index in [0.717, 1.165) is 49.1 Å². The van der Waals surface area contributed by atoms with Crippen LogP contribution in [0.15, 0.2) is 48.7 Å². The van der Waals surface area contributed by atoms with Crippen molar-refractivity contribution in [2.45, 2.75) is 45.1 Å². The molecule has 0 unspecified atom stereocenters. The molecule has 1 amide bonds. The summed E-state index contributed by atoms with van der Waals surface area (Å²) < 4.78 is 4.63. The van der Waals surface area contributed by atoms with Gasteiger partial charge in [-0.1, -0.05) is 24.3 Å². The number of anilines is 1. The Labute approximate surface area is 188 Å². The first-order valence-electron chi connectivity index (χ1n) is 11.4. The molecule has 0 aliphatic carbocycles. The van der Waals surface area contributed by atoms with Crippen molar-refractivity contribution >= 4 is 28.5 Å². The number of methoxy groups -OCH3 is 1. The Morgan fingerprint density at radius 2 is 1.91 bits per heavy atom. The van der Waals surface area contributed by atoms with Gasteiger partial charge in [-0.15, -0.1) is 0 Å². The average Bonchev–Trinajstić information content (AvgIpc) is 3.22. The summed E-state index contributed by atoms with van der Waals surface area (Å²) in [7, 11) is 1.38. The molecule has 1 aromatic heterocycles. The third-order valence-corrected chi connectivity index (χ3v) is 6.22. The van der Waals surface area contributed by atoms with Crippen LogP contribution in [-0.2, 0) is 33.7 Å². The van der Waals surface area contributed by atoms with Crippen LogP contribution in [-0.4, -0.2) is 42.0 Å².